The Labute approximate surface area is 227 Å². The van der Waals surface area contributed by atoms with Crippen LogP contribution < -0.4 is 14.2 Å². The van der Waals surface area contributed by atoms with Gasteiger partial charge < -0.3 is 23.9 Å². The van der Waals surface area contributed by atoms with Crippen LogP contribution in [0.5, 0.6) is 17.2 Å². The van der Waals surface area contributed by atoms with E-state index in [1.54, 1.807) is 7.11 Å². The number of likely N-dealkylation sites (tertiary alicyclic amines) is 1. The lowest BCUT2D eigenvalue weighted by atomic mass is 9.96. The molecular weight excluding hydrogens is 478 g/mol. The van der Waals surface area contributed by atoms with Crippen molar-refractivity contribution in [3.05, 3.63) is 71.3 Å². The van der Waals surface area contributed by atoms with Crippen LogP contribution in [0.1, 0.15) is 55.1 Å². The predicted molar refractivity (Wildman–Crippen MR) is 150 cm³/mol. The van der Waals surface area contributed by atoms with Gasteiger partial charge in [-0.1, -0.05) is 30.7 Å². The largest absolute Gasteiger partial charge is 0.493 e. The summed E-state index contributed by atoms with van der Waals surface area (Å²) in [6.07, 6.45) is 8.06. The van der Waals surface area contributed by atoms with Gasteiger partial charge in [0.2, 0.25) is 0 Å². The number of imidazole rings is 1. The normalized spacial score (nSPS) is 18.2. The molecule has 7 nitrogen and oxygen atoms in total. The molecule has 1 saturated heterocycles. The molecule has 1 N–H and O–H groups in total. The number of benzene rings is 2. The Morgan fingerprint density at radius 2 is 1.84 bits per heavy atom. The summed E-state index contributed by atoms with van der Waals surface area (Å²) in [5.41, 5.74) is 2.69. The lowest BCUT2D eigenvalue weighted by molar-refractivity contribution is -0.0170. The Hall–Kier alpha value is -3.03. The van der Waals surface area contributed by atoms with Gasteiger partial charge in [0, 0.05) is 38.4 Å². The van der Waals surface area contributed by atoms with Gasteiger partial charge in [-0.15, -0.1) is 0 Å². The van der Waals surface area contributed by atoms with Crippen molar-refractivity contribution in [2.75, 3.05) is 33.4 Å². The molecule has 7 heteroatoms. The lowest BCUT2D eigenvalue weighted by Crippen LogP contribution is -2.37. The summed E-state index contributed by atoms with van der Waals surface area (Å²) in [6.45, 7) is 10.6. The van der Waals surface area contributed by atoms with E-state index in [4.69, 9.17) is 14.2 Å². The zero-order valence-corrected chi connectivity index (χ0v) is 23.4. The van der Waals surface area contributed by atoms with Crippen LogP contribution >= 0.6 is 0 Å². The first-order valence-corrected chi connectivity index (χ1v) is 13.8. The van der Waals surface area contributed by atoms with Gasteiger partial charge in [-0.3, -0.25) is 4.90 Å². The summed E-state index contributed by atoms with van der Waals surface area (Å²) in [5, 5.41) is 11.3. The minimum Gasteiger partial charge on any atom is -0.493 e. The maximum atomic E-state index is 11.3. The number of aryl methyl sites for hydroxylation is 4. The van der Waals surface area contributed by atoms with Crippen LogP contribution in [0.3, 0.4) is 0 Å². The van der Waals surface area contributed by atoms with Gasteiger partial charge >= 0.3 is 0 Å². The fourth-order valence-electron chi connectivity index (χ4n) is 5.18. The van der Waals surface area contributed by atoms with Crippen molar-refractivity contribution >= 4 is 0 Å². The molecule has 2 heterocycles. The molecule has 1 aliphatic rings. The van der Waals surface area contributed by atoms with Gasteiger partial charge in [-0.05, 0) is 75.4 Å². The van der Waals surface area contributed by atoms with Crippen LogP contribution in [0.2, 0.25) is 0 Å². The average molecular weight is 522 g/mol. The van der Waals surface area contributed by atoms with Crippen molar-refractivity contribution in [3.63, 3.8) is 0 Å². The van der Waals surface area contributed by atoms with Gasteiger partial charge in [0.15, 0.2) is 11.5 Å². The van der Waals surface area contributed by atoms with Crippen molar-refractivity contribution in [3.8, 4) is 17.2 Å². The Balaban J connectivity index is 1.29. The smallest absolute Gasteiger partial charge is 0.161 e. The Morgan fingerprint density at radius 1 is 1.00 bits per heavy atom. The minimum atomic E-state index is -0.812. The van der Waals surface area contributed by atoms with Crippen molar-refractivity contribution in [1.82, 2.24) is 14.5 Å². The van der Waals surface area contributed by atoms with E-state index >= 15 is 0 Å². The molecule has 1 aliphatic heterocycles. The third kappa shape index (κ3) is 7.51. The second-order valence-electron chi connectivity index (χ2n) is 10.5. The molecule has 3 aromatic rings. The fourth-order valence-corrected chi connectivity index (χ4v) is 5.18. The predicted octanol–water partition coefficient (Wildman–Crippen LogP) is 5.34. The quantitative estimate of drug-likeness (QED) is 0.325. The van der Waals surface area contributed by atoms with Crippen LogP contribution in [0.4, 0.5) is 0 Å². The highest BCUT2D eigenvalue weighted by molar-refractivity contribution is 5.43. The number of aromatic nitrogens is 2. The number of aliphatic hydroxyl groups is 1. The van der Waals surface area contributed by atoms with Gasteiger partial charge in [0.1, 0.15) is 18.2 Å². The summed E-state index contributed by atoms with van der Waals surface area (Å²) in [4.78, 5) is 6.80. The summed E-state index contributed by atoms with van der Waals surface area (Å²) >= 11 is 0. The Bertz CT molecular complexity index is 1180. The van der Waals surface area contributed by atoms with E-state index in [1.165, 1.54) is 11.1 Å². The molecule has 0 spiro atoms. The molecular formula is C31H43N3O4. The van der Waals surface area contributed by atoms with Crippen molar-refractivity contribution in [2.24, 2.45) is 0 Å². The first-order valence-electron chi connectivity index (χ1n) is 13.8. The van der Waals surface area contributed by atoms with Gasteiger partial charge in [0.25, 0.3) is 0 Å². The van der Waals surface area contributed by atoms with E-state index in [9.17, 15) is 5.11 Å². The first kappa shape index (κ1) is 28.0. The number of nitrogens with zero attached hydrogens (tertiary/aromatic N) is 3. The molecule has 38 heavy (non-hydrogen) atoms. The number of hydrogen-bond acceptors (Lipinski definition) is 6. The van der Waals surface area contributed by atoms with E-state index in [2.05, 4.69) is 59.5 Å². The second kappa shape index (κ2) is 13.2. The van der Waals surface area contributed by atoms with Crippen molar-refractivity contribution in [1.29, 1.82) is 0 Å². The monoisotopic (exact) mass is 521 g/mol. The van der Waals surface area contributed by atoms with Crippen LogP contribution in [-0.2, 0) is 19.5 Å². The lowest BCUT2D eigenvalue weighted by Gasteiger charge is -2.27. The second-order valence-corrected chi connectivity index (χ2v) is 10.5. The van der Waals surface area contributed by atoms with E-state index in [0.29, 0.717) is 19.6 Å². The first-order chi connectivity index (χ1) is 18.4. The number of rotatable bonds is 12. The summed E-state index contributed by atoms with van der Waals surface area (Å²) in [5.74, 6) is 3.48. The molecule has 2 aromatic carbocycles. The molecule has 4 rings (SSSR count). The molecule has 1 fully saturated rings. The standard InChI is InChI=1S/C31H43N3O4/c1-5-30-32-14-18-34(30)16-7-19-37-29-21-26(9-11-28(29)36-4)22-33-15-6-12-31(35,13-17-33)23-38-27-10-8-24(2)20-25(27)3/h8-11,14,18,20-21,35H,5-7,12-13,15-17,19,22-23H2,1-4H3. The van der Waals surface area contributed by atoms with Gasteiger partial charge in [0.05, 0.1) is 19.3 Å². The van der Waals surface area contributed by atoms with E-state index < -0.39 is 5.60 Å². The average Bonchev–Trinajstić information content (AvgIpc) is 3.29. The molecule has 1 unspecified atom stereocenters. The topological polar surface area (TPSA) is 69.0 Å². The van der Waals surface area contributed by atoms with Gasteiger partial charge in [-0.25, -0.2) is 4.98 Å². The minimum absolute atomic E-state index is 0.323. The van der Waals surface area contributed by atoms with Crippen LogP contribution in [-0.4, -0.2) is 58.6 Å². The summed E-state index contributed by atoms with van der Waals surface area (Å²) in [6, 6.07) is 12.3. The SMILES string of the molecule is CCc1nccn1CCCOc1cc(CN2CCCC(O)(COc3ccc(C)cc3C)CC2)ccc1OC. The van der Waals surface area contributed by atoms with Crippen molar-refractivity contribution < 1.29 is 19.3 Å². The highest BCUT2D eigenvalue weighted by Gasteiger charge is 2.31. The molecule has 0 bridgehead atoms. The van der Waals surface area contributed by atoms with E-state index in [0.717, 1.165) is 80.5 Å². The third-order valence-electron chi connectivity index (χ3n) is 7.39. The molecule has 0 amide bonds. The highest BCUT2D eigenvalue weighted by Crippen LogP contribution is 2.30. The number of methoxy groups -OCH3 is 1. The highest BCUT2D eigenvalue weighted by atomic mass is 16.5. The van der Waals surface area contributed by atoms with Crippen LogP contribution in [0.25, 0.3) is 0 Å². The van der Waals surface area contributed by atoms with E-state index in [1.807, 2.05) is 24.5 Å². The molecule has 206 valence electrons. The number of hydrogen-bond donors (Lipinski definition) is 1. The Morgan fingerprint density at radius 3 is 2.63 bits per heavy atom. The molecule has 0 aliphatic carbocycles. The number of ether oxygens (including phenoxy) is 3. The van der Waals surface area contributed by atoms with Gasteiger partial charge in [-0.2, -0.15) is 0 Å². The molecule has 0 saturated carbocycles. The fraction of sp³-hybridized carbons (Fsp3) is 0.516. The maximum Gasteiger partial charge on any atom is 0.161 e. The maximum absolute atomic E-state index is 11.3. The summed E-state index contributed by atoms with van der Waals surface area (Å²) in [7, 11) is 1.68. The zero-order valence-electron chi connectivity index (χ0n) is 23.4. The molecule has 0 radical (unpaired) electrons. The third-order valence-corrected chi connectivity index (χ3v) is 7.39. The molecule has 1 atom stereocenters. The Kier molecular flexibility index (Phi) is 9.69. The van der Waals surface area contributed by atoms with Crippen LogP contribution in [0, 0.1) is 13.8 Å². The summed E-state index contributed by atoms with van der Waals surface area (Å²) < 4.78 is 19.9. The van der Waals surface area contributed by atoms with E-state index in [-0.39, 0.29) is 0 Å². The zero-order chi connectivity index (χ0) is 27.0. The molecule has 1 aromatic heterocycles. The van der Waals surface area contributed by atoms with Crippen molar-refractivity contribution in [2.45, 2.75) is 71.6 Å². The van der Waals surface area contributed by atoms with Crippen LogP contribution in [0.15, 0.2) is 48.8 Å².